The molecule has 2 aromatic carbocycles. The molecule has 30 heavy (non-hydrogen) atoms. The van der Waals surface area contributed by atoms with Crippen LogP contribution in [0.3, 0.4) is 0 Å². The van der Waals surface area contributed by atoms with Crippen LogP contribution in [-0.2, 0) is 4.74 Å². The maximum Gasteiger partial charge on any atom is 0.408 e. The van der Waals surface area contributed by atoms with Crippen molar-refractivity contribution in [2.24, 2.45) is 5.92 Å². The normalized spacial score (nSPS) is 12.4. The lowest BCUT2D eigenvalue weighted by Gasteiger charge is -2.23. The first kappa shape index (κ1) is 24.0. The first-order chi connectivity index (χ1) is 14.0. The van der Waals surface area contributed by atoms with Gasteiger partial charge in [0.05, 0.1) is 16.7 Å². The molecular formula is C23H27Cl2NO4. The summed E-state index contributed by atoms with van der Waals surface area (Å²) in [7, 11) is 0. The SMILES string of the molecule is CC(C)COc1ccc(C(=O)C(NC(=O)OC(C)(C)C)c2ccc(Cl)c(Cl)c2)cc1. The summed E-state index contributed by atoms with van der Waals surface area (Å²) in [6, 6.07) is 10.6. The van der Waals surface area contributed by atoms with E-state index in [4.69, 9.17) is 32.7 Å². The Morgan fingerprint density at radius 3 is 2.17 bits per heavy atom. The Morgan fingerprint density at radius 2 is 1.63 bits per heavy atom. The minimum absolute atomic E-state index is 0.287. The maximum absolute atomic E-state index is 13.2. The molecule has 5 nitrogen and oxygen atoms in total. The molecule has 0 aliphatic carbocycles. The van der Waals surface area contributed by atoms with Crippen molar-refractivity contribution in [3.63, 3.8) is 0 Å². The fourth-order valence-electron chi connectivity index (χ4n) is 2.56. The summed E-state index contributed by atoms with van der Waals surface area (Å²) in [5.41, 5.74) is 0.212. The molecule has 0 saturated carbocycles. The van der Waals surface area contributed by atoms with Gasteiger partial charge >= 0.3 is 6.09 Å². The van der Waals surface area contributed by atoms with Crippen LogP contribution in [0.25, 0.3) is 0 Å². The molecule has 0 spiro atoms. The molecule has 0 saturated heterocycles. The molecule has 0 fully saturated rings. The molecule has 0 aliphatic rings. The van der Waals surface area contributed by atoms with E-state index in [9.17, 15) is 9.59 Å². The molecule has 0 radical (unpaired) electrons. The van der Waals surface area contributed by atoms with Crippen molar-refractivity contribution in [1.29, 1.82) is 0 Å². The summed E-state index contributed by atoms with van der Waals surface area (Å²) in [5, 5.41) is 3.29. The zero-order valence-electron chi connectivity index (χ0n) is 17.8. The third kappa shape index (κ3) is 7.22. The van der Waals surface area contributed by atoms with Gasteiger partial charge in [0.25, 0.3) is 0 Å². The molecule has 0 aromatic heterocycles. The number of amides is 1. The Balaban J connectivity index is 2.29. The van der Waals surface area contributed by atoms with Crippen molar-refractivity contribution in [2.45, 2.75) is 46.3 Å². The molecule has 2 aromatic rings. The highest BCUT2D eigenvalue weighted by Crippen LogP contribution is 2.28. The molecule has 2 rings (SSSR count). The fraction of sp³-hybridized carbons (Fsp3) is 0.391. The van der Waals surface area contributed by atoms with Gasteiger partial charge in [0.2, 0.25) is 0 Å². The summed E-state index contributed by atoms with van der Waals surface area (Å²) < 4.78 is 11.0. The first-order valence-corrected chi connectivity index (χ1v) is 10.4. The van der Waals surface area contributed by atoms with Gasteiger partial charge in [-0.25, -0.2) is 4.79 Å². The topological polar surface area (TPSA) is 64.6 Å². The van der Waals surface area contributed by atoms with Crippen molar-refractivity contribution in [2.75, 3.05) is 6.61 Å². The Kier molecular flexibility index (Phi) is 8.16. The van der Waals surface area contributed by atoms with E-state index in [1.807, 2.05) is 0 Å². The molecule has 7 heteroatoms. The van der Waals surface area contributed by atoms with E-state index in [1.165, 1.54) is 0 Å². The zero-order valence-corrected chi connectivity index (χ0v) is 19.3. The highest BCUT2D eigenvalue weighted by Gasteiger charge is 2.27. The molecule has 1 amide bonds. The quantitative estimate of drug-likeness (QED) is 0.489. The second kappa shape index (κ2) is 10.2. The first-order valence-electron chi connectivity index (χ1n) is 9.68. The van der Waals surface area contributed by atoms with Crippen LogP contribution in [0.1, 0.15) is 56.6 Å². The second-order valence-electron chi connectivity index (χ2n) is 8.35. The Labute approximate surface area is 187 Å². The molecule has 0 aliphatic heterocycles. The molecule has 1 N–H and O–H groups in total. The fourth-order valence-corrected chi connectivity index (χ4v) is 2.87. The number of Topliss-reactive ketones (excluding diaryl/α,β-unsaturated/α-hetero) is 1. The van der Waals surface area contributed by atoms with Gasteiger partial charge in [-0.05, 0) is 68.7 Å². The van der Waals surface area contributed by atoms with Gasteiger partial charge in [0, 0.05) is 5.56 Å². The molecule has 0 bridgehead atoms. The summed E-state index contributed by atoms with van der Waals surface area (Å²) >= 11 is 12.1. The molecular weight excluding hydrogens is 425 g/mol. The number of hydrogen-bond acceptors (Lipinski definition) is 4. The second-order valence-corrected chi connectivity index (χ2v) is 9.16. The highest BCUT2D eigenvalue weighted by molar-refractivity contribution is 6.42. The number of benzene rings is 2. The lowest BCUT2D eigenvalue weighted by Crippen LogP contribution is -2.38. The van der Waals surface area contributed by atoms with Gasteiger partial charge < -0.3 is 14.8 Å². The molecule has 162 valence electrons. The summed E-state index contributed by atoms with van der Waals surface area (Å²) in [6.45, 7) is 9.94. The van der Waals surface area contributed by atoms with Crippen molar-refractivity contribution in [1.82, 2.24) is 5.32 Å². The number of nitrogens with one attached hydrogen (secondary N) is 1. The smallest absolute Gasteiger partial charge is 0.408 e. The zero-order chi connectivity index (χ0) is 22.5. The van der Waals surface area contributed by atoms with Crippen molar-refractivity contribution < 1.29 is 19.1 Å². The number of hydrogen-bond donors (Lipinski definition) is 1. The van der Waals surface area contributed by atoms with E-state index in [0.29, 0.717) is 34.4 Å². The average molecular weight is 452 g/mol. The molecule has 1 unspecified atom stereocenters. The van der Waals surface area contributed by atoms with Crippen LogP contribution < -0.4 is 10.1 Å². The van der Waals surface area contributed by atoms with E-state index >= 15 is 0 Å². The lowest BCUT2D eigenvalue weighted by atomic mass is 9.97. The van der Waals surface area contributed by atoms with Crippen molar-refractivity contribution >= 4 is 35.1 Å². The predicted molar refractivity (Wildman–Crippen MR) is 120 cm³/mol. The highest BCUT2D eigenvalue weighted by atomic mass is 35.5. The average Bonchev–Trinajstić information content (AvgIpc) is 2.65. The maximum atomic E-state index is 13.2. The van der Waals surface area contributed by atoms with Gasteiger partial charge in [0.15, 0.2) is 5.78 Å². The van der Waals surface area contributed by atoms with Crippen LogP contribution in [0.15, 0.2) is 42.5 Å². The minimum atomic E-state index is -0.989. The number of carbonyl (C=O) groups excluding carboxylic acids is 2. The Hall–Kier alpha value is -2.24. The number of alkyl carbamates (subject to hydrolysis) is 1. The summed E-state index contributed by atoms with van der Waals surface area (Å²) in [4.78, 5) is 25.6. The molecule has 1 atom stereocenters. The van der Waals surface area contributed by atoms with E-state index in [-0.39, 0.29) is 10.8 Å². The number of ketones is 1. The van der Waals surface area contributed by atoms with E-state index in [1.54, 1.807) is 63.2 Å². The van der Waals surface area contributed by atoms with Gasteiger partial charge in [-0.1, -0.05) is 43.1 Å². The van der Waals surface area contributed by atoms with Crippen molar-refractivity contribution in [3.8, 4) is 5.75 Å². The monoisotopic (exact) mass is 451 g/mol. The van der Waals surface area contributed by atoms with Crippen LogP contribution in [-0.4, -0.2) is 24.1 Å². The van der Waals surface area contributed by atoms with Crippen LogP contribution >= 0.6 is 23.2 Å². The standard InChI is InChI=1S/C23H27Cl2NO4/c1-14(2)13-29-17-9-6-15(7-10-17)21(27)20(26-22(28)30-23(3,4)5)16-8-11-18(24)19(25)12-16/h6-12,14,20H,13H2,1-5H3,(H,26,28). The van der Waals surface area contributed by atoms with Crippen LogP contribution in [0.5, 0.6) is 5.75 Å². The third-order valence-electron chi connectivity index (χ3n) is 3.92. The third-order valence-corrected chi connectivity index (χ3v) is 4.66. The van der Waals surface area contributed by atoms with E-state index in [0.717, 1.165) is 0 Å². The molecule has 0 heterocycles. The Bertz CT molecular complexity index is 889. The predicted octanol–water partition coefficient (Wildman–Crippen LogP) is 6.48. The number of halogens is 2. The van der Waals surface area contributed by atoms with Gasteiger partial charge in [0.1, 0.15) is 17.4 Å². The minimum Gasteiger partial charge on any atom is -0.493 e. The van der Waals surface area contributed by atoms with Crippen LogP contribution in [0.2, 0.25) is 10.0 Å². The van der Waals surface area contributed by atoms with Gasteiger partial charge in [-0.2, -0.15) is 0 Å². The number of carbonyl (C=O) groups is 2. The van der Waals surface area contributed by atoms with Gasteiger partial charge in [-0.3, -0.25) is 4.79 Å². The largest absolute Gasteiger partial charge is 0.493 e. The number of ether oxygens (including phenoxy) is 2. The van der Waals surface area contributed by atoms with E-state index in [2.05, 4.69) is 19.2 Å². The Morgan fingerprint density at radius 1 is 1.00 bits per heavy atom. The lowest BCUT2D eigenvalue weighted by molar-refractivity contribution is 0.0490. The van der Waals surface area contributed by atoms with Crippen LogP contribution in [0.4, 0.5) is 4.79 Å². The number of rotatable bonds is 7. The van der Waals surface area contributed by atoms with E-state index < -0.39 is 17.7 Å². The van der Waals surface area contributed by atoms with Crippen LogP contribution in [0, 0.1) is 5.92 Å². The summed E-state index contributed by atoms with van der Waals surface area (Å²) in [6.07, 6.45) is -0.705. The van der Waals surface area contributed by atoms with Crippen molar-refractivity contribution in [3.05, 3.63) is 63.6 Å². The summed E-state index contributed by atoms with van der Waals surface area (Å²) in [5.74, 6) is 0.754. The van der Waals surface area contributed by atoms with Gasteiger partial charge in [-0.15, -0.1) is 0 Å².